The standard InChI is InChI=1S/C19H22N2/c1-2-4-10-19(11-5-3-1)14-17-15(8-6-12-20-17)18-16(19)9-7-13-21-18/h6-9,12-13H,1-5,10-11,14H2. The van der Waals surface area contributed by atoms with Crippen molar-refractivity contribution in [3.05, 3.63) is 47.9 Å². The SMILES string of the molecule is c1cnc2c(c1)-c1ncccc1C1(CCCCCCC1)C2. The highest BCUT2D eigenvalue weighted by Gasteiger charge is 2.39. The first-order valence-corrected chi connectivity index (χ1v) is 8.29. The summed E-state index contributed by atoms with van der Waals surface area (Å²) < 4.78 is 0. The minimum absolute atomic E-state index is 0.283. The van der Waals surface area contributed by atoms with Gasteiger partial charge in [-0.25, -0.2) is 0 Å². The van der Waals surface area contributed by atoms with Gasteiger partial charge in [0.15, 0.2) is 0 Å². The number of hydrogen-bond acceptors (Lipinski definition) is 2. The van der Waals surface area contributed by atoms with Crippen LogP contribution in [0.5, 0.6) is 0 Å². The van der Waals surface area contributed by atoms with Crippen LogP contribution < -0.4 is 0 Å². The summed E-state index contributed by atoms with van der Waals surface area (Å²) in [6, 6.07) is 8.65. The van der Waals surface area contributed by atoms with Gasteiger partial charge in [0.2, 0.25) is 0 Å². The van der Waals surface area contributed by atoms with E-state index in [0.717, 1.165) is 6.42 Å². The second-order valence-corrected chi connectivity index (χ2v) is 6.62. The molecule has 0 bridgehead atoms. The normalized spacial score (nSPS) is 20.2. The molecule has 0 amide bonds. The zero-order valence-corrected chi connectivity index (χ0v) is 12.5. The average molecular weight is 278 g/mol. The predicted molar refractivity (Wildman–Crippen MR) is 85.2 cm³/mol. The van der Waals surface area contributed by atoms with Crippen molar-refractivity contribution in [2.75, 3.05) is 0 Å². The molecule has 1 fully saturated rings. The van der Waals surface area contributed by atoms with Crippen molar-refractivity contribution < 1.29 is 0 Å². The van der Waals surface area contributed by atoms with Crippen LogP contribution >= 0.6 is 0 Å². The number of fused-ring (bicyclic) bond motifs is 4. The largest absolute Gasteiger partial charge is 0.261 e. The molecule has 2 aromatic heterocycles. The van der Waals surface area contributed by atoms with Crippen LogP contribution in [0.2, 0.25) is 0 Å². The van der Waals surface area contributed by atoms with E-state index < -0.39 is 0 Å². The number of aromatic nitrogens is 2. The first-order valence-electron chi connectivity index (χ1n) is 8.29. The molecule has 1 spiro atoms. The molecule has 4 rings (SSSR count). The molecule has 2 aliphatic rings. The monoisotopic (exact) mass is 278 g/mol. The maximum absolute atomic E-state index is 4.72. The summed E-state index contributed by atoms with van der Waals surface area (Å²) in [5.74, 6) is 0. The van der Waals surface area contributed by atoms with Crippen molar-refractivity contribution in [2.24, 2.45) is 0 Å². The maximum Gasteiger partial charge on any atom is 0.0758 e. The minimum Gasteiger partial charge on any atom is -0.261 e. The van der Waals surface area contributed by atoms with E-state index in [0.29, 0.717) is 0 Å². The topological polar surface area (TPSA) is 25.8 Å². The first kappa shape index (κ1) is 13.0. The van der Waals surface area contributed by atoms with Crippen LogP contribution in [0.1, 0.15) is 56.2 Å². The van der Waals surface area contributed by atoms with E-state index in [9.17, 15) is 0 Å². The van der Waals surface area contributed by atoms with Crippen molar-refractivity contribution in [2.45, 2.75) is 56.8 Å². The van der Waals surface area contributed by atoms with E-state index in [2.05, 4.69) is 23.2 Å². The van der Waals surface area contributed by atoms with Crippen LogP contribution in [-0.2, 0) is 11.8 Å². The van der Waals surface area contributed by atoms with Crippen LogP contribution in [0.15, 0.2) is 36.7 Å². The van der Waals surface area contributed by atoms with Gasteiger partial charge in [-0.05, 0) is 36.6 Å². The van der Waals surface area contributed by atoms with Gasteiger partial charge in [0.05, 0.1) is 11.4 Å². The van der Waals surface area contributed by atoms with Gasteiger partial charge in [0.1, 0.15) is 0 Å². The molecule has 0 N–H and O–H groups in total. The van der Waals surface area contributed by atoms with Gasteiger partial charge in [0.25, 0.3) is 0 Å². The van der Waals surface area contributed by atoms with E-state index in [1.165, 1.54) is 67.5 Å². The Morgan fingerprint density at radius 2 is 1.52 bits per heavy atom. The maximum atomic E-state index is 4.72. The summed E-state index contributed by atoms with van der Waals surface area (Å²) in [6.45, 7) is 0. The van der Waals surface area contributed by atoms with Crippen molar-refractivity contribution in [3.63, 3.8) is 0 Å². The van der Waals surface area contributed by atoms with Crippen molar-refractivity contribution in [3.8, 4) is 11.3 Å². The molecule has 108 valence electrons. The number of rotatable bonds is 0. The Morgan fingerprint density at radius 1 is 0.810 bits per heavy atom. The molecule has 0 unspecified atom stereocenters. The van der Waals surface area contributed by atoms with Crippen molar-refractivity contribution in [1.82, 2.24) is 9.97 Å². The fraction of sp³-hybridized carbons (Fsp3) is 0.474. The molecule has 2 heteroatoms. The van der Waals surface area contributed by atoms with E-state index in [1.807, 2.05) is 18.5 Å². The summed E-state index contributed by atoms with van der Waals surface area (Å²) in [4.78, 5) is 9.41. The molecule has 2 heterocycles. The van der Waals surface area contributed by atoms with E-state index in [1.54, 1.807) is 0 Å². The predicted octanol–water partition coefficient (Wildman–Crippen LogP) is 4.68. The van der Waals surface area contributed by atoms with E-state index in [4.69, 9.17) is 4.98 Å². The molecule has 1 saturated carbocycles. The summed E-state index contributed by atoms with van der Waals surface area (Å²) in [5, 5.41) is 0. The van der Waals surface area contributed by atoms with E-state index in [-0.39, 0.29) is 5.41 Å². The third-order valence-electron chi connectivity index (χ3n) is 5.34. The second-order valence-electron chi connectivity index (χ2n) is 6.62. The van der Waals surface area contributed by atoms with Crippen LogP contribution in [-0.4, -0.2) is 9.97 Å². The van der Waals surface area contributed by atoms with Crippen molar-refractivity contribution >= 4 is 0 Å². The Kier molecular flexibility index (Phi) is 3.25. The highest BCUT2D eigenvalue weighted by atomic mass is 14.7. The highest BCUT2D eigenvalue weighted by Crippen LogP contribution is 2.47. The molecule has 2 aliphatic carbocycles. The third-order valence-corrected chi connectivity index (χ3v) is 5.34. The molecular formula is C19H22N2. The van der Waals surface area contributed by atoms with Gasteiger partial charge < -0.3 is 0 Å². The second kappa shape index (κ2) is 5.25. The Labute approximate surface area is 126 Å². The molecule has 0 aliphatic heterocycles. The fourth-order valence-electron chi connectivity index (χ4n) is 4.29. The molecule has 2 nitrogen and oxygen atoms in total. The molecular weight excluding hydrogens is 256 g/mol. The van der Waals surface area contributed by atoms with Gasteiger partial charge in [-0.15, -0.1) is 0 Å². The quantitative estimate of drug-likeness (QED) is 0.699. The van der Waals surface area contributed by atoms with Crippen LogP contribution in [0.3, 0.4) is 0 Å². The highest BCUT2D eigenvalue weighted by molar-refractivity contribution is 5.70. The van der Waals surface area contributed by atoms with Crippen LogP contribution in [0.4, 0.5) is 0 Å². The molecule has 21 heavy (non-hydrogen) atoms. The van der Waals surface area contributed by atoms with Crippen LogP contribution in [0.25, 0.3) is 11.3 Å². The van der Waals surface area contributed by atoms with Crippen molar-refractivity contribution in [1.29, 1.82) is 0 Å². The smallest absolute Gasteiger partial charge is 0.0758 e. The Hall–Kier alpha value is -1.70. The zero-order valence-electron chi connectivity index (χ0n) is 12.5. The summed E-state index contributed by atoms with van der Waals surface area (Å²) in [5.41, 5.74) is 5.45. The Morgan fingerprint density at radius 3 is 2.38 bits per heavy atom. The lowest BCUT2D eigenvalue weighted by molar-refractivity contribution is 0.306. The number of nitrogens with zero attached hydrogens (tertiary/aromatic N) is 2. The Balaban J connectivity index is 1.86. The van der Waals surface area contributed by atoms with Gasteiger partial charge in [-0.1, -0.05) is 38.2 Å². The molecule has 0 aromatic carbocycles. The lowest BCUT2D eigenvalue weighted by Crippen LogP contribution is -2.34. The summed E-state index contributed by atoms with van der Waals surface area (Å²) >= 11 is 0. The van der Waals surface area contributed by atoms with Gasteiger partial charge in [-0.3, -0.25) is 9.97 Å². The molecule has 0 saturated heterocycles. The lowest BCUT2D eigenvalue weighted by atomic mass is 9.64. The molecule has 0 radical (unpaired) electrons. The Bertz CT molecular complexity index is 640. The zero-order chi connectivity index (χ0) is 14.1. The van der Waals surface area contributed by atoms with E-state index >= 15 is 0 Å². The lowest BCUT2D eigenvalue weighted by Gasteiger charge is -2.40. The van der Waals surface area contributed by atoms with Crippen LogP contribution in [0, 0.1) is 0 Å². The number of hydrogen-bond donors (Lipinski definition) is 0. The minimum atomic E-state index is 0.283. The van der Waals surface area contributed by atoms with Gasteiger partial charge >= 0.3 is 0 Å². The average Bonchev–Trinajstić information content (AvgIpc) is 2.51. The third kappa shape index (κ3) is 2.17. The van der Waals surface area contributed by atoms with Gasteiger partial charge in [-0.2, -0.15) is 0 Å². The molecule has 0 atom stereocenters. The molecule has 2 aromatic rings. The summed E-state index contributed by atoms with van der Waals surface area (Å²) in [6.07, 6.45) is 14.4. The summed E-state index contributed by atoms with van der Waals surface area (Å²) in [7, 11) is 0. The number of pyridine rings is 2. The van der Waals surface area contributed by atoms with Gasteiger partial charge in [0, 0.05) is 29.8 Å². The fourth-order valence-corrected chi connectivity index (χ4v) is 4.29. The first-order chi connectivity index (χ1) is 10.4.